The summed E-state index contributed by atoms with van der Waals surface area (Å²) < 4.78 is 6.18. The fourth-order valence-corrected chi connectivity index (χ4v) is 4.94. The first-order valence-corrected chi connectivity index (χ1v) is 14.6. The Morgan fingerprint density at radius 2 is 1.24 bits per heavy atom. The number of hydrogen-bond donors (Lipinski definition) is 2. The molecule has 4 rings (SSSR count). The fraction of sp³-hybridized carbons (Fsp3) is 0.243. The number of carboxylic acids is 2. The van der Waals surface area contributed by atoms with Crippen LogP contribution in [0.4, 0.5) is 0 Å². The fourth-order valence-electron chi connectivity index (χ4n) is 4.94. The Morgan fingerprint density at radius 3 is 1.90 bits per heavy atom. The molecule has 0 aliphatic carbocycles. The second-order valence-electron chi connectivity index (χ2n) is 10.5. The van der Waals surface area contributed by atoms with Gasteiger partial charge in [-0.1, -0.05) is 84.9 Å². The molecule has 0 fully saturated rings. The SMILES string of the molecule is O=C(O)c1ccc(CCC(/C=C/c2ccccc2OCCCCCc2ccccc2)Cc2ccc(C(=O)O)cc2)cc1. The Hall–Kier alpha value is -4.64. The summed E-state index contributed by atoms with van der Waals surface area (Å²) in [7, 11) is 0. The van der Waals surface area contributed by atoms with Crippen molar-refractivity contribution in [1.29, 1.82) is 0 Å². The third-order valence-corrected chi connectivity index (χ3v) is 7.38. The molecule has 0 aliphatic rings. The minimum Gasteiger partial charge on any atom is -0.493 e. The van der Waals surface area contributed by atoms with Crippen molar-refractivity contribution in [3.8, 4) is 5.75 Å². The molecule has 1 unspecified atom stereocenters. The van der Waals surface area contributed by atoms with E-state index in [0.717, 1.165) is 67.4 Å². The molecule has 0 aromatic heterocycles. The third kappa shape index (κ3) is 9.77. The Morgan fingerprint density at radius 1 is 0.643 bits per heavy atom. The summed E-state index contributed by atoms with van der Waals surface area (Å²) in [6.45, 7) is 0.672. The Balaban J connectivity index is 1.38. The van der Waals surface area contributed by atoms with E-state index in [4.69, 9.17) is 4.74 Å². The van der Waals surface area contributed by atoms with Crippen LogP contribution in [0.15, 0.2) is 109 Å². The Kier molecular flexibility index (Phi) is 11.5. The van der Waals surface area contributed by atoms with Crippen molar-refractivity contribution < 1.29 is 24.5 Å². The maximum absolute atomic E-state index is 11.3. The van der Waals surface area contributed by atoms with Gasteiger partial charge in [0.25, 0.3) is 0 Å². The van der Waals surface area contributed by atoms with Gasteiger partial charge in [0.15, 0.2) is 0 Å². The molecule has 0 aliphatic heterocycles. The van der Waals surface area contributed by atoms with Gasteiger partial charge in [-0.15, -0.1) is 0 Å². The highest BCUT2D eigenvalue weighted by Crippen LogP contribution is 2.24. The van der Waals surface area contributed by atoms with Gasteiger partial charge in [0.1, 0.15) is 5.75 Å². The molecule has 0 saturated heterocycles. The monoisotopic (exact) mass is 562 g/mol. The predicted molar refractivity (Wildman–Crippen MR) is 167 cm³/mol. The first-order chi connectivity index (χ1) is 20.5. The first-order valence-electron chi connectivity index (χ1n) is 14.6. The lowest BCUT2D eigenvalue weighted by atomic mass is 9.91. The van der Waals surface area contributed by atoms with Crippen LogP contribution >= 0.6 is 0 Å². The second-order valence-corrected chi connectivity index (χ2v) is 10.5. The summed E-state index contributed by atoms with van der Waals surface area (Å²) in [4.78, 5) is 22.5. The zero-order valence-electron chi connectivity index (χ0n) is 23.8. The van der Waals surface area contributed by atoms with Crippen molar-refractivity contribution >= 4 is 18.0 Å². The van der Waals surface area contributed by atoms with E-state index in [1.54, 1.807) is 24.3 Å². The molecule has 0 amide bonds. The van der Waals surface area contributed by atoms with Crippen LogP contribution < -0.4 is 4.74 Å². The molecule has 2 N–H and O–H groups in total. The first kappa shape index (κ1) is 30.3. The number of rotatable bonds is 16. The van der Waals surface area contributed by atoms with Crippen molar-refractivity contribution in [2.75, 3.05) is 6.61 Å². The molecule has 42 heavy (non-hydrogen) atoms. The van der Waals surface area contributed by atoms with Crippen LogP contribution in [0.2, 0.25) is 0 Å². The average molecular weight is 563 g/mol. The van der Waals surface area contributed by atoms with E-state index in [9.17, 15) is 19.8 Å². The van der Waals surface area contributed by atoms with E-state index in [0.29, 0.717) is 6.61 Å². The van der Waals surface area contributed by atoms with Crippen molar-refractivity contribution in [3.63, 3.8) is 0 Å². The van der Waals surface area contributed by atoms with Gasteiger partial charge in [0.2, 0.25) is 0 Å². The zero-order chi connectivity index (χ0) is 29.6. The summed E-state index contributed by atoms with van der Waals surface area (Å²) in [6, 6.07) is 32.7. The van der Waals surface area contributed by atoms with E-state index in [2.05, 4.69) is 42.5 Å². The number of aromatic carboxylic acids is 2. The summed E-state index contributed by atoms with van der Waals surface area (Å²) in [5.74, 6) is -0.813. The molecule has 0 bridgehead atoms. The van der Waals surface area contributed by atoms with Crippen molar-refractivity contribution in [2.24, 2.45) is 5.92 Å². The van der Waals surface area contributed by atoms with E-state index >= 15 is 0 Å². The lowest BCUT2D eigenvalue weighted by Crippen LogP contribution is -2.05. The molecular formula is C37H38O5. The molecular weight excluding hydrogens is 524 g/mol. The molecule has 5 nitrogen and oxygen atoms in total. The number of carbonyl (C=O) groups is 2. The van der Waals surface area contributed by atoms with Gasteiger partial charge < -0.3 is 14.9 Å². The van der Waals surface area contributed by atoms with Gasteiger partial charge in [0.05, 0.1) is 17.7 Å². The number of unbranched alkanes of at least 4 members (excludes halogenated alkanes) is 2. The summed E-state index contributed by atoms with van der Waals surface area (Å²) in [6.07, 6.45) is 11.1. The highest BCUT2D eigenvalue weighted by Gasteiger charge is 2.11. The number of carboxylic acid groups (broad SMARTS) is 2. The highest BCUT2D eigenvalue weighted by atomic mass is 16.5. The molecule has 4 aromatic rings. The number of para-hydroxylation sites is 1. The quantitative estimate of drug-likeness (QED) is 0.134. The lowest BCUT2D eigenvalue weighted by molar-refractivity contribution is 0.0686. The maximum atomic E-state index is 11.3. The molecule has 1 atom stereocenters. The van der Waals surface area contributed by atoms with Crippen molar-refractivity contribution in [2.45, 2.75) is 44.9 Å². The summed E-state index contributed by atoms with van der Waals surface area (Å²) >= 11 is 0. The average Bonchev–Trinajstić information content (AvgIpc) is 3.01. The van der Waals surface area contributed by atoms with Gasteiger partial charge in [-0.3, -0.25) is 0 Å². The molecule has 0 spiro atoms. The second kappa shape index (κ2) is 16.0. The van der Waals surface area contributed by atoms with Gasteiger partial charge in [-0.05, 0) is 97.9 Å². The Bertz CT molecular complexity index is 1440. The van der Waals surface area contributed by atoms with Gasteiger partial charge in [-0.2, -0.15) is 0 Å². The van der Waals surface area contributed by atoms with Crippen LogP contribution in [0, 0.1) is 5.92 Å². The topological polar surface area (TPSA) is 83.8 Å². The van der Waals surface area contributed by atoms with Crippen LogP contribution in [0.25, 0.3) is 6.08 Å². The minimum atomic E-state index is -0.935. The zero-order valence-corrected chi connectivity index (χ0v) is 23.8. The van der Waals surface area contributed by atoms with Crippen LogP contribution in [0.1, 0.15) is 68.7 Å². The molecule has 0 radical (unpaired) electrons. The number of ether oxygens (including phenoxy) is 1. The van der Waals surface area contributed by atoms with E-state index < -0.39 is 11.9 Å². The molecule has 4 aromatic carbocycles. The van der Waals surface area contributed by atoms with Crippen LogP contribution in [-0.2, 0) is 19.3 Å². The van der Waals surface area contributed by atoms with E-state index in [-0.39, 0.29) is 17.0 Å². The highest BCUT2D eigenvalue weighted by molar-refractivity contribution is 5.88. The molecule has 5 heteroatoms. The number of benzene rings is 4. The Labute approximate surface area is 248 Å². The number of aryl methyl sites for hydroxylation is 2. The molecule has 0 saturated carbocycles. The van der Waals surface area contributed by atoms with Crippen molar-refractivity contribution in [1.82, 2.24) is 0 Å². The lowest BCUT2D eigenvalue weighted by Gasteiger charge is -2.15. The van der Waals surface area contributed by atoms with Gasteiger partial charge in [-0.25, -0.2) is 9.59 Å². The third-order valence-electron chi connectivity index (χ3n) is 7.38. The largest absolute Gasteiger partial charge is 0.493 e. The van der Waals surface area contributed by atoms with Gasteiger partial charge >= 0.3 is 11.9 Å². The van der Waals surface area contributed by atoms with E-state index in [1.807, 2.05) is 48.5 Å². The van der Waals surface area contributed by atoms with Crippen molar-refractivity contribution in [3.05, 3.63) is 143 Å². The molecule has 216 valence electrons. The predicted octanol–water partition coefficient (Wildman–Crippen LogP) is 8.38. The van der Waals surface area contributed by atoms with Crippen LogP contribution in [-0.4, -0.2) is 28.8 Å². The normalized spacial score (nSPS) is 11.8. The smallest absolute Gasteiger partial charge is 0.335 e. The standard InChI is InChI=1S/C37H38O5/c38-36(39)33-22-16-29(17-23-33)14-15-30(27-31-19-24-34(25-20-31)37(40)41)18-21-32-12-6-7-13-35(32)42-26-8-2-5-11-28-9-3-1-4-10-28/h1,3-4,6-7,9-10,12-13,16-25,30H,2,5,8,11,14-15,26-27H2,(H,38,39)(H,40,41)/b21-18+. The maximum Gasteiger partial charge on any atom is 0.335 e. The van der Waals surface area contributed by atoms with Crippen LogP contribution in [0.5, 0.6) is 5.75 Å². The number of allylic oxidation sites excluding steroid dienone is 1. The molecule has 0 heterocycles. The van der Waals surface area contributed by atoms with Gasteiger partial charge in [0, 0.05) is 5.56 Å². The number of hydrogen-bond acceptors (Lipinski definition) is 3. The summed E-state index contributed by atoms with van der Waals surface area (Å²) in [5, 5.41) is 18.4. The summed E-state index contributed by atoms with van der Waals surface area (Å²) in [5.41, 5.74) is 5.10. The van der Waals surface area contributed by atoms with E-state index in [1.165, 1.54) is 5.56 Å². The minimum absolute atomic E-state index is 0.186. The van der Waals surface area contributed by atoms with Crippen LogP contribution in [0.3, 0.4) is 0 Å².